The van der Waals surface area contributed by atoms with Crippen LogP contribution in [0.15, 0.2) is 30.9 Å². The average Bonchev–Trinajstić information content (AvgIpc) is 1.65. The smallest absolute Gasteiger partial charge is 0.0383 e. The SMILES string of the molecule is C=[C-]/C(F)=C\C(=C)F.[Zn]. The van der Waals surface area contributed by atoms with Crippen LogP contribution in [0.25, 0.3) is 0 Å². The molecule has 0 aliphatic carbocycles. The zero-order valence-electron chi connectivity index (χ0n) is 4.95. The number of hydrogen-bond donors (Lipinski definition) is 0. The minimum atomic E-state index is -0.836. The van der Waals surface area contributed by atoms with Crippen LogP contribution in [0.4, 0.5) is 8.78 Å². The second-order valence-corrected chi connectivity index (χ2v) is 1.12. The van der Waals surface area contributed by atoms with Gasteiger partial charge in [-0.15, -0.1) is 6.08 Å². The monoisotopic (exact) mass is 179 g/mol. The summed E-state index contributed by atoms with van der Waals surface area (Å²) in [6.07, 6.45) is 2.44. The Bertz CT molecular complexity index is 138. The van der Waals surface area contributed by atoms with Crippen molar-refractivity contribution < 1.29 is 28.3 Å². The van der Waals surface area contributed by atoms with E-state index in [-0.39, 0.29) is 19.5 Å². The topological polar surface area (TPSA) is 0 Å². The minimum absolute atomic E-state index is 0. The summed E-state index contributed by atoms with van der Waals surface area (Å²) < 4.78 is 23.3. The van der Waals surface area contributed by atoms with Crippen LogP contribution in [0.3, 0.4) is 0 Å². The van der Waals surface area contributed by atoms with Crippen LogP contribution >= 0.6 is 0 Å². The van der Waals surface area contributed by atoms with Gasteiger partial charge < -0.3 is 0 Å². The summed E-state index contributed by atoms with van der Waals surface area (Å²) in [6, 6.07) is 0. The van der Waals surface area contributed by atoms with Gasteiger partial charge in [0.25, 0.3) is 0 Å². The predicted octanol–water partition coefficient (Wildman–Crippen LogP) is 2.31. The standard InChI is InChI=1S/C6H5F2.Zn/c1-3-6(8)4-5(2)7;/h4H,1-2H2;/q-1;/b6-4+;. The first-order valence-corrected chi connectivity index (χ1v) is 1.91. The molecule has 0 aromatic rings. The van der Waals surface area contributed by atoms with Gasteiger partial charge in [0.15, 0.2) is 0 Å². The third-order valence-corrected chi connectivity index (χ3v) is 0.452. The van der Waals surface area contributed by atoms with Gasteiger partial charge in [-0.05, 0) is 5.83 Å². The van der Waals surface area contributed by atoms with E-state index >= 15 is 0 Å². The zero-order valence-corrected chi connectivity index (χ0v) is 7.92. The van der Waals surface area contributed by atoms with Gasteiger partial charge in [0.2, 0.25) is 0 Å². The summed E-state index contributed by atoms with van der Waals surface area (Å²) in [5.41, 5.74) is 0. The third-order valence-electron chi connectivity index (χ3n) is 0.452. The molecule has 0 unspecified atom stereocenters. The molecule has 0 aromatic heterocycles. The van der Waals surface area contributed by atoms with E-state index in [1.807, 2.05) is 6.08 Å². The van der Waals surface area contributed by atoms with Gasteiger partial charge in [0.05, 0.1) is 0 Å². The van der Waals surface area contributed by atoms with E-state index in [2.05, 4.69) is 13.2 Å². The van der Waals surface area contributed by atoms with E-state index in [1.54, 1.807) is 0 Å². The Balaban J connectivity index is 0. The molecule has 0 nitrogen and oxygen atoms in total. The fourth-order valence-electron chi connectivity index (χ4n) is 0.189. The van der Waals surface area contributed by atoms with E-state index in [9.17, 15) is 8.78 Å². The molecule has 0 spiro atoms. The first-order chi connectivity index (χ1) is 3.66. The Kier molecular flexibility index (Phi) is 7.45. The summed E-state index contributed by atoms with van der Waals surface area (Å²) in [6.45, 7) is 5.73. The average molecular weight is 180 g/mol. The number of rotatable bonds is 2. The van der Waals surface area contributed by atoms with Crippen molar-refractivity contribution in [1.29, 1.82) is 0 Å². The molecule has 0 atom stereocenters. The summed E-state index contributed by atoms with van der Waals surface area (Å²) in [5.74, 6) is -1.67. The Morgan fingerprint density at radius 1 is 1.44 bits per heavy atom. The van der Waals surface area contributed by atoms with E-state index in [4.69, 9.17) is 0 Å². The number of hydrogen-bond acceptors (Lipinski definition) is 0. The van der Waals surface area contributed by atoms with Crippen molar-refractivity contribution >= 4 is 0 Å². The van der Waals surface area contributed by atoms with E-state index in [0.717, 1.165) is 0 Å². The van der Waals surface area contributed by atoms with Gasteiger partial charge in [0, 0.05) is 25.3 Å². The maximum atomic E-state index is 11.8. The second-order valence-electron chi connectivity index (χ2n) is 1.12. The summed E-state index contributed by atoms with van der Waals surface area (Å²) in [4.78, 5) is 0. The molecule has 0 bridgehead atoms. The van der Waals surface area contributed by atoms with Crippen molar-refractivity contribution in [2.24, 2.45) is 0 Å². The van der Waals surface area contributed by atoms with Crippen LogP contribution < -0.4 is 0 Å². The quantitative estimate of drug-likeness (QED) is 0.348. The minimum Gasteiger partial charge on any atom is -0.250 e. The molecule has 46 valence electrons. The van der Waals surface area contributed by atoms with Crippen molar-refractivity contribution in [2.45, 2.75) is 0 Å². The van der Waals surface area contributed by atoms with Gasteiger partial charge in [-0.1, -0.05) is 6.58 Å². The largest absolute Gasteiger partial charge is 0.250 e. The molecule has 0 radical (unpaired) electrons. The van der Waals surface area contributed by atoms with E-state index in [0.29, 0.717) is 6.08 Å². The van der Waals surface area contributed by atoms with E-state index in [1.165, 1.54) is 0 Å². The molecule has 0 rings (SSSR count). The van der Waals surface area contributed by atoms with Crippen LogP contribution in [0, 0.1) is 6.08 Å². The predicted molar refractivity (Wildman–Crippen MR) is 28.3 cm³/mol. The molecule has 0 aliphatic rings. The fraction of sp³-hybridized carbons (Fsp3) is 0. The van der Waals surface area contributed by atoms with Crippen molar-refractivity contribution in [3.05, 3.63) is 37.0 Å². The summed E-state index contributed by atoms with van der Waals surface area (Å²) >= 11 is 0. The van der Waals surface area contributed by atoms with Crippen molar-refractivity contribution in [1.82, 2.24) is 0 Å². The summed E-state index contributed by atoms with van der Waals surface area (Å²) in [5, 5.41) is 0. The molecule has 0 aromatic carbocycles. The first-order valence-electron chi connectivity index (χ1n) is 1.91. The van der Waals surface area contributed by atoms with Crippen LogP contribution in [0.1, 0.15) is 0 Å². The number of allylic oxidation sites excluding steroid dienone is 4. The summed E-state index contributed by atoms with van der Waals surface area (Å²) in [7, 11) is 0. The molecule has 0 saturated heterocycles. The fourth-order valence-corrected chi connectivity index (χ4v) is 0.189. The molecule has 0 amide bonds. The molecule has 0 heterocycles. The second kappa shape index (κ2) is 5.83. The molecule has 0 saturated carbocycles. The molecular formula is C6H5F2Zn-. The number of halogens is 2. The Labute approximate surface area is 65.7 Å². The zero-order chi connectivity index (χ0) is 6.57. The van der Waals surface area contributed by atoms with Crippen LogP contribution in [-0.2, 0) is 19.5 Å². The van der Waals surface area contributed by atoms with Gasteiger partial charge in [-0.3, -0.25) is 0 Å². The maximum Gasteiger partial charge on any atom is 0.0383 e. The van der Waals surface area contributed by atoms with E-state index < -0.39 is 11.7 Å². The maximum absolute atomic E-state index is 11.8. The van der Waals surface area contributed by atoms with Crippen LogP contribution in [0.2, 0.25) is 0 Å². The normalized spacial score (nSPS) is 9.78. The van der Waals surface area contributed by atoms with Crippen LogP contribution in [0.5, 0.6) is 0 Å². The molecule has 0 N–H and O–H groups in total. The molecule has 3 heteroatoms. The molecule has 0 aliphatic heterocycles. The van der Waals surface area contributed by atoms with Crippen molar-refractivity contribution in [3.63, 3.8) is 0 Å². The third kappa shape index (κ3) is 7.70. The molecule has 9 heavy (non-hydrogen) atoms. The Morgan fingerprint density at radius 3 is 2.00 bits per heavy atom. The van der Waals surface area contributed by atoms with Gasteiger partial charge in [-0.2, -0.15) is 6.58 Å². The Hall–Kier alpha value is -0.297. The van der Waals surface area contributed by atoms with Crippen molar-refractivity contribution in [2.75, 3.05) is 0 Å². The van der Waals surface area contributed by atoms with Crippen LogP contribution in [-0.4, -0.2) is 0 Å². The van der Waals surface area contributed by atoms with Gasteiger partial charge >= 0.3 is 0 Å². The molecular weight excluding hydrogens is 175 g/mol. The Morgan fingerprint density at radius 2 is 1.89 bits per heavy atom. The van der Waals surface area contributed by atoms with Gasteiger partial charge in [0.1, 0.15) is 0 Å². The molecule has 0 fully saturated rings. The first kappa shape index (κ1) is 11.5. The van der Waals surface area contributed by atoms with Crippen molar-refractivity contribution in [3.8, 4) is 0 Å². The van der Waals surface area contributed by atoms with Gasteiger partial charge in [-0.25, -0.2) is 14.9 Å².